The van der Waals surface area contributed by atoms with Crippen LogP contribution in [0.25, 0.3) is 22.6 Å². The molecule has 29 heavy (non-hydrogen) atoms. The number of tetrazole rings is 1. The maximum Gasteiger partial charge on any atom is 0.573 e. The van der Waals surface area contributed by atoms with E-state index in [0.29, 0.717) is 16.6 Å². The fraction of sp³-hybridized carbons (Fsp3) is 0.118. The second-order valence-electron chi connectivity index (χ2n) is 5.85. The minimum atomic E-state index is -4.79. The molecule has 0 unspecified atom stereocenters. The molecule has 2 aromatic heterocycles. The second kappa shape index (κ2) is 7.35. The summed E-state index contributed by atoms with van der Waals surface area (Å²) in [5.41, 5.74) is 0.815. The van der Waals surface area contributed by atoms with Crippen LogP contribution in [0.1, 0.15) is 5.56 Å². The summed E-state index contributed by atoms with van der Waals surface area (Å²) in [6, 6.07) is 8.80. The summed E-state index contributed by atoms with van der Waals surface area (Å²) in [7, 11) is 0. The van der Waals surface area contributed by atoms with Crippen LogP contribution in [0.15, 0.2) is 45.3 Å². The van der Waals surface area contributed by atoms with E-state index >= 15 is 0 Å². The molecule has 4 rings (SSSR count). The fourth-order valence-electron chi connectivity index (χ4n) is 2.64. The standard InChI is InChI=1S/C17H10BrF4N5O2/c18-11-6-10(3-4-12(11)29-17(20,21)22)23-7-9-2-1-8-5-13(16-24-26-27-25-16)28-15(8)14(9)19/h1-6,23H,7H2,(H,24,25,26,27). The van der Waals surface area contributed by atoms with Crippen molar-refractivity contribution in [3.8, 4) is 17.3 Å². The molecule has 2 aromatic carbocycles. The van der Waals surface area contributed by atoms with Crippen LogP contribution >= 0.6 is 15.9 Å². The van der Waals surface area contributed by atoms with Gasteiger partial charge in [0.2, 0.25) is 5.82 Å². The lowest BCUT2D eigenvalue weighted by Gasteiger charge is -2.13. The lowest BCUT2D eigenvalue weighted by Crippen LogP contribution is -2.17. The molecule has 12 heteroatoms. The Kier molecular flexibility index (Phi) is 4.86. The van der Waals surface area contributed by atoms with Gasteiger partial charge in [0.1, 0.15) is 5.75 Å². The van der Waals surface area contributed by atoms with E-state index in [2.05, 4.69) is 46.6 Å². The largest absolute Gasteiger partial charge is 0.573 e. The van der Waals surface area contributed by atoms with E-state index < -0.39 is 12.2 Å². The van der Waals surface area contributed by atoms with Crippen molar-refractivity contribution in [1.82, 2.24) is 20.6 Å². The molecule has 2 N–H and O–H groups in total. The molecule has 0 saturated heterocycles. The zero-order valence-corrected chi connectivity index (χ0v) is 15.8. The number of furan rings is 1. The first-order valence-electron chi connectivity index (χ1n) is 8.04. The van der Waals surface area contributed by atoms with Crippen LogP contribution in [-0.4, -0.2) is 27.0 Å². The molecule has 0 saturated carbocycles. The molecule has 0 aliphatic heterocycles. The van der Waals surface area contributed by atoms with Gasteiger partial charge in [0.25, 0.3) is 0 Å². The van der Waals surface area contributed by atoms with Crippen molar-refractivity contribution in [2.24, 2.45) is 0 Å². The number of alkyl halides is 3. The molecular formula is C17H10BrF4N5O2. The van der Waals surface area contributed by atoms with Gasteiger partial charge in [-0.3, -0.25) is 0 Å². The number of nitrogens with one attached hydrogen (secondary N) is 2. The average Bonchev–Trinajstić information content (AvgIpc) is 3.31. The van der Waals surface area contributed by atoms with Crippen molar-refractivity contribution in [2.75, 3.05) is 5.32 Å². The maximum atomic E-state index is 14.8. The van der Waals surface area contributed by atoms with Gasteiger partial charge < -0.3 is 14.5 Å². The normalized spacial score (nSPS) is 11.8. The molecule has 0 amide bonds. The molecule has 2 heterocycles. The number of halogens is 5. The smallest absolute Gasteiger partial charge is 0.449 e. The summed E-state index contributed by atoms with van der Waals surface area (Å²) in [6.07, 6.45) is -4.79. The Morgan fingerprint density at radius 1 is 1.17 bits per heavy atom. The number of aromatic amines is 1. The van der Waals surface area contributed by atoms with Gasteiger partial charge in [-0.15, -0.1) is 23.4 Å². The third-order valence-corrected chi connectivity index (χ3v) is 4.53. The quantitative estimate of drug-likeness (QED) is 0.397. The lowest BCUT2D eigenvalue weighted by atomic mass is 10.1. The van der Waals surface area contributed by atoms with Gasteiger partial charge in [-0.2, -0.15) is 5.21 Å². The third-order valence-electron chi connectivity index (χ3n) is 3.91. The Bertz CT molecular complexity index is 1160. The van der Waals surface area contributed by atoms with Gasteiger partial charge in [-0.25, -0.2) is 4.39 Å². The van der Waals surface area contributed by atoms with Gasteiger partial charge >= 0.3 is 6.36 Å². The second-order valence-corrected chi connectivity index (χ2v) is 6.70. The molecule has 0 bridgehead atoms. The Morgan fingerprint density at radius 3 is 2.69 bits per heavy atom. The molecular weight excluding hydrogens is 462 g/mol. The van der Waals surface area contributed by atoms with E-state index in [1.165, 1.54) is 12.1 Å². The zero-order valence-electron chi connectivity index (χ0n) is 14.2. The van der Waals surface area contributed by atoms with Crippen molar-refractivity contribution < 1.29 is 26.7 Å². The number of nitrogens with zero attached hydrogens (tertiary/aromatic N) is 3. The molecule has 0 aliphatic carbocycles. The number of H-pyrrole nitrogens is 1. The van der Waals surface area contributed by atoms with E-state index in [9.17, 15) is 17.6 Å². The zero-order chi connectivity index (χ0) is 20.6. The first kappa shape index (κ1) is 19.2. The van der Waals surface area contributed by atoms with Crippen LogP contribution in [0.4, 0.5) is 23.2 Å². The van der Waals surface area contributed by atoms with Crippen LogP contribution in [0, 0.1) is 5.82 Å². The Labute approximate surface area is 168 Å². The molecule has 0 atom stereocenters. The van der Waals surface area contributed by atoms with Crippen molar-refractivity contribution in [2.45, 2.75) is 12.9 Å². The van der Waals surface area contributed by atoms with Crippen LogP contribution in [0.3, 0.4) is 0 Å². The highest BCUT2D eigenvalue weighted by Crippen LogP contribution is 2.33. The highest BCUT2D eigenvalue weighted by Gasteiger charge is 2.32. The van der Waals surface area contributed by atoms with Gasteiger partial charge in [-0.05, 0) is 45.4 Å². The number of rotatable bonds is 5. The summed E-state index contributed by atoms with van der Waals surface area (Å²) < 4.78 is 61.3. The number of fused-ring (bicyclic) bond motifs is 1. The van der Waals surface area contributed by atoms with E-state index in [1.807, 2.05) is 0 Å². The molecule has 4 aromatic rings. The predicted molar refractivity (Wildman–Crippen MR) is 97.5 cm³/mol. The van der Waals surface area contributed by atoms with Crippen molar-refractivity contribution >= 4 is 32.6 Å². The van der Waals surface area contributed by atoms with Crippen molar-refractivity contribution in [3.63, 3.8) is 0 Å². The van der Waals surface area contributed by atoms with Crippen LogP contribution in [0.5, 0.6) is 5.75 Å². The topological polar surface area (TPSA) is 88.9 Å². The highest BCUT2D eigenvalue weighted by atomic mass is 79.9. The fourth-order valence-corrected chi connectivity index (χ4v) is 3.10. The Morgan fingerprint density at radius 2 is 2.00 bits per heavy atom. The summed E-state index contributed by atoms with van der Waals surface area (Å²) in [5.74, 6) is -0.477. The maximum absolute atomic E-state index is 14.8. The Hall–Kier alpha value is -3.15. The first-order chi connectivity index (χ1) is 13.8. The van der Waals surface area contributed by atoms with Crippen LogP contribution in [-0.2, 0) is 6.54 Å². The van der Waals surface area contributed by atoms with Gasteiger partial charge in [0, 0.05) is 23.2 Å². The molecule has 0 spiro atoms. The van der Waals surface area contributed by atoms with Gasteiger partial charge in [0.05, 0.1) is 4.47 Å². The van der Waals surface area contributed by atoms with Crippen molar-refractivity contribution in [1.29, 1.82) is 0 Å². The van der Waals surface area contributed by atoms with Crippen molar-refractivity contribution in [3.05, 3.63) is 52.3 Å². The SMILES string of the molecule is Fc1c(CNc2ccc(OC(F)(F)F)c(Br)c2)ccc2cc(-c3nn[nH]n3)oc12. The summed E-state index contributed by atoms with van der Waals surface area (Å²) >= 11 is 3.02. The summed E-state index contributed by atoms with van der Waals surface area (Å²) in [4.78, 5) is 0. The minimum absolute atomic E-state index is 0.0409. The van der Waals surface area contributed by atoms with Gasteiger partial charge in [-0.1, -0.05) is 12.1 Å². The number of aromatic nitrogens is 4. The number of ether oxygens (including phenoxy) is 1. The third kappa shape index (κ3) is 4.16. The molecule has 0 aliphatic rings. The van der Waals surface area contributed by atoms with E-state index in [4.69, 9.17) is 4.42 Å². The summed E-state index contributed by atoms with van der Waals surface area (Å²) in [5, 5.41) is 16.8. The molecule has 0 fully saturated rings. The number of anilines is 1. The highest BCUT2D eigenvalue weighted by molar-refractivity contribution is 9.10. The van der Waals surface area contributed by atoms with E-state index in [-0.39, 0.29) is 33.9 Å². The van der Waals surface area contributed by atoms with Crippen LogP contribution < -0.4 is 10.1 Å². The first-order valence-corrected chi connectivity index (χ1v) is 8.83. The summed E-state index contributed by atoms with van der Waals surface area (Å²) in [6.45, 7) is 0.0753. The Balaban J connectivity index is 1.52. The number of benzene rings is 2. The minimum Gasteiger partial charge on any atom is -0.449 e. The number of hydrogen-bond donors (Lipinski definition) is 2. The molecule has 0 radical (unpaired) electrons. The lowest BCUT2D eigenvalue weighted by molar-refractivity contribution is -0.274. The van der Waals surface area contributed by atoms with Crippen LogP contribution in [0.2, 0.25) is 0 Å². The monoisotopic (exact) mass is 471 g/mol. The van der Waals surface area contributed by atoms with E-state index in [1.54, 1.807) is 18.2 Å². The van der Waals surface area contributed by atoms with Gasteiger partial charge in [0.15, 0.2) is 17.2 Å². The van der Waals surface area contributed by atoms with E-state index in [0.717, 1.165) is 6.07 Å². The average molecular weight is 472 g/mol. The molecule has 7 nitrogen and oxygen atoms in total. The predicted octanol–water partition coefficient (Wildman–Crippen LogP) is 5.03. The molecule has 150 valence electrons. The number of hydrogen-bond acceptors (Lipinski definition) is 6.